The molecule has 2 aliphatic rings. The molecule has 2 fully saturated rings. The van der Waals surface area contributed by atoms with Crippen molar-refractivity contribution in [3.05, 3.63) is 34.4 Å². The zero-order valence-corrected chi connectivity index (χ0v) is 16.2. The average Bonchev–Trinajstić information content (AvgIpc) is 3.16. The molecule has 2 aliphatic heterocycles. The second-order valence-corrected chi connectivity index (χ2v) is 8.72. The fourth-order valence-electron chi connectivity index (χ4n) is 2.83. The second-order valence-electron chi connectivity index (χ2n) is 5.76. The molecule has 0 bridgehead atoms. The van der Waals surface area contributed by atoms with Crippen LogP contribution < -0.4 is 5.32 Å². The van der Waals surface area contributed by atoms with Gasteiger partial charge in [0.05, 0.1) is 15.9 Å². The molecule has 1 N–H and O–H groups in total. The van der Waals surface area contributed by atoms with Crippen LogP contribution in [0.2, 0.25) is 0 Å². The zero-order chi connectivity index (χ0) is 18.0. The monoisotopic (exact) mass is 422 g/mol. The van der Waals surface area contributed by atoms with Crippen molar-refractivity contribution >= 4 is 45.8 Å². The first-order valence-electron chi connectivity index (χ1n) is 7.74. The van der Waals surface area contributed by atoms with E-state index in [2.05, 4.69) is 5.32 Å². The van der Waals surface area contributed by atoms with Crippen molar-refractivity contribution in [2.24, 2.45) is 0 Å². The van der Waals surface area contributed by atoms with E-state index in [1.165, 1.54) is 22.5 Å². The first-order valence-corrected chi connectivity index (χ1v) is 10.3. The molecule has 1 aromatic carbocycles. The molecule has 1 atom stereocenters. The predicted octanol–water partition coefficient (Wildman–Crippen LogP) is 0.512. The summed E-state index contributed by atoms with van der Waals surface area (Å²) in [6.45, 7) is 0.985. The highest BCUT2D eigenvalue weighted by Crippen LogP contribution is 2.22. The fraction of sp³-hybridized carbons (Fsp3) is 0.500. The Balaban J connectivity index is 0.00000243. The van der Waals surface area contributed by atoms with Crippen LogP contribution in [-0.4, -0.2) is 72.3 Å². The number of carbonyl (C=O) groups is 1. The number of sulfonamides is 1. The molecule has 2 heterocycles. The first-order chi connectivity index (χ1) is 11.9. The van der Waals surface area contributed by atoms with Crippen molar-refractivity contribution < 1.29 is 18.1 Å². The number of nitro benzene ring substituents is 1. The second kappa shape index (κ2) is 8.53. The quantitative estimate of drug-likeness (QED) is 0.555. The number of halogens is 1. The number of nitrogens with one attached hydrogen (secondary N) is 1. The Bertz CT molecular complexity index is 777. The maximum Gasteiger partial charge on any atom is 0.270 e. The number of rotatable bonds is 4. The molecule has 26 heavy (non-hydrogen) atoms. The van der Waals surface area contributed by atoms with Gasteiger partial charge in [0.1, 0.15) is 0 Å². The molecule has 0 radical (unpaired) electrons. The number of benzene rings is 1. The molecular weight excluding hydrogens is 404 g/mol. The van der Waals surface area contributed by atoms with Crippen LogP contribution in [-0.2, 0) is 14.8 Å². The third kappa shape index (κ3) is 4.29. The van der Waals surface area contributed by atoms with Crippen LogP contribution in [0, 0.1) is 10.1 Å². The summed E-state index contributed by atoms with van der Waals surface area (Å²) in [5.74, 6) is 1.47. The summed E-state index contributed by atoms with van der Waals surface area (Å²) in [5, 5.41) is 14.0. The van der Waals surface area contributed by atoms with E-state index >= 15 is 0 Å². The molecule has 12 heteroatoms. The third-order valence-electron chi connectivity index (χ3n) is 4.23. The highest BCUT2D eigenvalue weighted by molar-refractivity contribution is 7.99. The van der Waals surface area contributed by atoms with Gasteiger partial charge in [-0.05, 0) is 6.07 Å². The molecule has 1 amide bonds. The normalized spacial score (nSPS) is 21.2. The number of amides is 1. The smallest absolute Gasteiger partial charge is 0.270 e. The van der Waals surface area contributed by atoms with Crippen LogP contribution in [0.5, 0.6) is 0 Å². The molecule has 0 spiro atoms. The minimum absolute atomic E-state index is 0. The number of carbonyl (C=O) groups excluding carboxylic acids is 1. The zero-order valence-electron chi connectivity index (χ0n) is 13.7. The van der Waals surface area contributed by atoms with Gasteiger partial charge in [0, 0.05) is 49.9 Å². The largest absolute Gasteiger partial charge is 0.339 e. The lowest BCUT2D eigenvalue weighted by Gasteiger charge is -2.35. The Kier molecular flexibility index (Phi) is 6.86. The Morgan fingerprint density at radius 2 is 1.96 bits per heavy atom. The number of hydrogen-bond donors (Lipinski definition) is 1. The number of thioether (sulfide) groups is 1. The van der Waals surface area contributed by atoms with E-state index in [4.69, 9.17) is 0 Å². The van der Waals surface area contributed by atoms with Crippen LogP contribution >= 0.6 is 24.2 Å². The van der Waals surface area contributed by atoms with Gasteiger partial charge >= 0.3 is 0 Å². The van der Waals surface area contributed by atoms with E-state index in [1.54, 1.807) is 16.7 Å². The lowest BCUT2D eigenvalue weighted by molar-refractivity contribution is -0.385. The summed E-state index contributed by atoms with van der Waals surface area (Å²) in [5.41, 5.74) is -0.264. The number of hydrogen-bond acceptors (Lipinski definition) is 7. The fourth-order valence-corrected chi connectivity index (χ4v) is 5.23. The van der Waals surface area contributed by atoms with Crippen molar-refractivity contribution in [2.45, 2.75) is 10.9 Å². The van der Waals surface area contributed by atoms with E-state index in [9.17, 15) is 23.3 Å². The minimum Gasteiger partial charge on any atom is -0.339 e. The predicted molar refractivity (Wildman–Crippen MR) is 99.9 cm³/mol. The molecular formula is C14H19ClN4O5S2. The van der Waals surface area contributed by atoms with Gasteiger partial charge in [-0.15, -0.1) is 24.2 Å². The van der Waals surface area contributed by atoms with Gasteiger partial charge in [-0.2, -0.15) is 4.31 Å². The van der Waals surface area contributed by atoms with Crippen molar-refractivity contribution in [1.82, 2.24) is 14.5 Å². The number of non-ortho nitro benzene ring substituents is 1. The van der Waals surface area contributed by atoms with Crippen LogP contribution in [0.4, 0.5) is 5.69 Å². The lowest BCUT2D eigenvalue weighted by atomic mass is 10.2. The highest BCUT2D eigenvalue weighted by Gasteiger charge is 2.33. The molecule has 0 saturated carbocycles. The van der Waals surface area contributed by atoms with Crippen LogP contribution in [0.1, 0.15) is 0 Å². The van der Waals surface area contributed by atoms with Crippen LogP contribution in [0.25, 0.3) is 0 Å². The van der Waals surface area contributed by atoms with Gasteiger partial charge in [0.25, 0.3) is 5.69 Å². The van der Waals surface area contributed by atoms with E-state index in [1.807, 2.05) is 0 Å². The number of nitro groups is 1. The lowest BCUT2D eigenvalue weighted by Crippen LogP contribution is -2.54. The Hall–Kier alpha value is -1.40. The number of nitrogens with zero attached hydrogens (tertiary/aromatic N) is 3. The topological polar surface area (TPSA) is 113 Å². The summed E-state index contributed by atoms with van der Waals surface area (Å²) in [4.78, 5) is 24.1. The van der Waals surface area contributed by atoms with E-state index < -0.39 is 14.9 Å². The molecule has 0 aromatic heterocycles. The summed E-state index contributed by atoms with van der Waals surface area (Å²) in [6.07, 6.45) is 0. The standard InChI is InChI=1S/C14H18N4O5S2.ClH/c19-14(13-9-24-10-15-13)16-4-6-17(7-5-16)25(22,23)12-3-1-2-11(8-12)18(20)21;/h1-3,8,13,15H,4-7,9-10H2;1H. The SMILES string of the molecule is Cl.O=C(C1CSCN1)N1CCN(S(=O)(=O)c2cccc([N+](=O)[O-])c2)CC1. The van der Waals surface area contributed by atoms with Crippen molar-refractivity contribution in [1.29, 1.82) is 0 Å². The summed E-state index contributed by atoms with van der Waals surface area (Å²) >= 11 is 1.66. The van der Waals surface area contributed by atoms with Gasteiger partial charge in [-0.3, -0.25) is 20.2 Å². The summed E-state index contributed by atoms with van der Waals surface area (Å²) in [7, 11) is -3.82. The Labute approximate surface area is 161 Å². The average molecular weight is 423 g/mol. The Morgan fingerprint density at radius 3 is 2.54 bits per heavy atom. The maximum absolute atomic E-state index is 12.7. The molecule has 3 rings (SSSR count). The highest BCUT2D eigenvalue weighted by atomic mass is 35.5. The van der Waals surface area contributed by atoms with Gasteiger partial charge < -0.3 is 4.90 Å². The van der Waals surface area contributed by atoms with Gasteiger partial charge in [0.2, 0.25) is 15.9 Å². The van der Waals surface area contributed by atoms with Crippen molar-refractivity contribution in [3.8, 4) is 0 Å². The van der Waals surface area contributed by atoms with Crippen LogP contribution in [0.3, 0.4) is 0 Å². The molecule has 1 aromatic rings. The molecule has 2 saturated heterocycles. The van der Waals surface area contributed by atoms with Crippen molar-refractivity contribution in [2.75, 3.05) is 37.8 Å². The minimum atomic E-state index is -3.82. The number of piperazine rings is 1. The third-order valence-corrected chi connectivity index (χ3v) is 7.07. The van der Waals surface area contributed by atoms with Gasteiger partial charge in [-0.1, -0.05) is 6.07 Å². The maximum atomic E-state index is 12.7. The van der Waals surface area contributed by atoms with E-state index in [-0.39, 0.29) is 48.0 Å². The Morgan fingerprint density at radius 1 is 1.27 bits per heavy atom. The molecule has 1 unspecified atom stereocenters. The molecule has 144 valence electrons. The van der Waals surface area contributed by atoms with Gasteiger partial charge in [-0.25, -0.2) is 8.42 Å². The van der Waals surface area contributed by atoms with E-state index in [0.717, 1.165) is 17.7 Å². The summed E-state index contributed by atoms with van der Waals surface area (Å²) in [6, 6.07) is 4.81. The van der Waals surface area contributed by atoms with Crippen molar-refractivity contribution in [3.63, 3.8) is 0 Å². The molecule has 0 aliphatic carbocycles. The summed E-state index contributed by atoms with van der Waals surface area (Å²) < 4.78 is 26.6. The molecule has 9 nitrogen and oxygen atoms in total. The van der Waals surface area contributed by atoms with Crippen LogP contribution in [0.15, 0.2) is 29.2 Å². The van der Waals surface area contributed by atoms with E-state index in [0.29, 0.717) is 13.1 Å². The van der Waals surface area contributed by atoms with Gasteiger partial charge in [0.15, 0.2) is 0 Å². The first kappa shape index (κ1) is 20.9.